The van der Waals surface area contributed by atoms with Crippen LogP contribution >= 0.6 is 0 Å². The van der Waals surface area contributed by atoms with Crippen molar-refractivity contribution in [2.75, 3.05) is 5.32 Å². The van der Waals surface area contributed by atoms with Gasteiger partial charge in [0.05, 0.1) is 11.3 Å². The van der Waals surface area contributed by atoms with Gasteiger partial charge in [-0.1, -0.05) is 48.5 Å². The number of carbonyl (C=O) groups is 2. The van der Waals surface area contributed by atoms with Crippen LogP contribution in [0.5, 0.6) is 0 Å². The van der Waals surface area contributed by atoms with Crippen molar-refractivity contribution < 1.29 is 9.59 Å². The van der Waals surface area contributed by atoms with Gasteiger partial charge in [0.15, 0.2) is 0 Å². The van der Waals surface area contributed by atoms with Gasteiger partial charge in [0.1, 0.15) is 0 Å². The minimum absolute atomic E-state index is 0.261. The van der Waals surface area contributed by atoms with E-state index >= 15 is 0 Å². The van der Waals surface area contributed by atoms with E-state index in [0.29, 0.717) is 23.4 Å². The first-order valence-corrected chi connectivity index (χ1v) is 9.27. The van der Waals surface area contributed by atoms with E-state index < -0.39 is 0 Å². The number of nitrogens with one attached hydrogen (secondary N) is 2. The number of para-hydroxylation sites is 1. The van der Waals surface area contributed by atoms with E-state index in [1.54, 1.807) is 42.7 Å². The first-order chi connectivity index (χ1) is 14.2. The highest BCUT2D eigenvalue weighted by atomic mass is 16.2. The van der Waals surface area contributed by atoms with Gasteiger partial charge in [-0.25, -0.2) is 0 Å². The van der Waals surface area contributed by atoms with Crippen LogP contribution in [0.4, 0.5) is 5.69 Å². The Hall–Kier alpha value is -3.99. The van der Waals surface area contributed by atoms with Crippen molar-refractivity contribution in [2.24, 2.45) is 0 Å². The Labute approximate surface area is 168 Å². The monoisotopic (exact) mass is 381 g/mol. The second-order valence-corrected chi connectivity index (χ2v) is 6.61. The number of rotatable bonds is 5. The van der Waals surface area contributed by atoms with Crippen molar-refractivity contribution in [3.05, 3.63) is 108 Å². The molecule has 0 unspecified atom stereocenters. The summed E-state index contributed by atoms with van der Waals surface area (Å²) in [5.74, 6) is -0.522. The Kier molecular flexibility index (Phi) is 5.29. The number of aromatic nitrogens is 1. The molecule has 4 aromatic rings. The molecule has 0 aliphatic heterocycles. The summed E-state index contributed by atoms with van der Waals surface area (Å²) in [4.78, 5) is 29.4. The van der Waals surface area contributed by atoms with Crippen LogP contribution in [0.2, 0.25) is 0 Å². The fraction of sp³-hybridized carbons (Fsp3) is 0.0417. The molecule has 1 heterocycles. The van der Waals surface area contributed by atoms with Gasteiger partial charge < -0.3 is 10.6 Å². The number of anilines is 1. The van der Waals surface area contributed by atoms with Gasteiger partial charge in [-0.05, 0) is 46.7 Å². The topological polar surface area (TPSA) is 71.1 Å². The van der Waals surface area contributed by atoms with Crippen LogP contribution in [0.15, 0.2) is 91.3 Å². The maximum absolute atomic E-state index is 12.8. The second kappa shape index (κ2) is 8.35. The van der Waals surface area contributed by atoms with E-state index in [4.69, 9.17) is 0 Å². The number of hydrogen-bond acceptors (Lipinski definition) is 3. The number of pyridine rings is 1. The zero-order chi connectivity index (χ0) is 20.1. The summed E-state index contributed by atoms with van der Waals surface area (Å²) >= 11 is 0. The molecule has 0 saturated heterocycles. The van der Waals surface area contributed by atoms with Crippen molar-refractivity contribution in [3.63, 3.8) is 0 Å². The van der Waals surface area contributed by atoms with Crippen LogP contribution in [0, 0.1) is 0 Å². The van der Waals surface area contributed by atoms with E-state index in [-0.39, 0.29) is 11.8 Å². The van der Waals surface area contributed by atoms with E-state index in [1.165, 1.54) is 0 Å². The number of fused-ring (bicyclic) bond motifs is 1. The summed E-state index contributed by atoms with van der Waals surface area (Å²) in [6, 6.07) is 24.1. The Morgan fingerprint density at radius 3 is 2.41 bits per heavy atom. The number of nitrogens with zero attached hydrogens (tertiary/aromatic N) is 1. The van der Waals surface area contributed by atoms with Crippen LogP contribution in [0.25, 0.3) is 10.8 Å². The highest BCUT2D eigenvalue weighted by Crippen LogP contribution is 2.19. The summed E-state index contributed by atoms with van der Waals surface area (Å²) in [6.45, 7) is 0.361. The lowest BCUT2D eigenvalue weighted by Gasteiger charge is -2.12. The molecule has 0 aliphatic rings. The highest BCUT2D eigenvalue weighted by Gasteiger charge is 2.14. The molecule has 0 atom stereocenters. The van der Waals surface area contributed by atoms with Crippen LogP contribution in [-0.2, 0) is 6.54 Å². The van der Waals surface area contributed by atoms with Crippen molar-refractivity contribution in [1.29, 1.82) is 0 Å². The molecule has 4 rings (SSSR count). The summed E-state index contributed by atoms with van der Waals surface area (Å²) < 4.78 is 0. The molecule has 5 nitrogen and oxygen atoms in total. The van der Waals surface area contributed by atoms with Crippen LogP contribution < -0.4 is 10.6 Å². The van der Waals surface area contributed by atoms with E-state index in [2.05, 4.69) is 15.6 Å². The predicted molar refractivity (Wildman–Crippen MR) is 114 cm³/mol. The Balaban J connectivity index is 1.51. The van der Waals surface area contributed by atoms with Crippen LogP contribution in [0.3, 0.4) is 0 Å². The number of carbonyl (C=O) groups excluding carboxylic acids is 2. The lowest BCUT2D eigenvalue weighted by Crippen LogP contribution is -2.25. The summed E-state index contributed by atoms with van der Waals surface area (Å²) in [6.07, 6.45) is 3.39. The minimum Gasteiger partial charge on any atom is -0.348 e. The molecule has 0 bridgehead atoms. The first kappa shape index (κ1) is 18.4. The summed E-state index contributed by atoms with van der Waals surface area (Å²) in [5.41, 5.74) is 2.31. The average Bonchev–Trinajstić information content (AvgIpc) is 2.78. The van der Waals surface area contributed by atoms with Crippen LogP contribution in [-0.4, -0.2) is 16.8 Å². The lowest BCUT2D eigenvalue weighted by molar-refractivity contribution is 0.0951. The van der Waals surface area contributed by atoms with Crippen molar-refractivity contribution in [1.82, 2.24) is 10.3 Å². The molecule has 0 saturated carbocycles. The lowest BCUT2D eigenvalue weighted by atomic mass is 10.1. The molecule has 5 heteroatoms. The van der Waals surface area contributed by atoms with Gasteiger partial charge in [-0.15, -0.1) is 0 Å². The molecular formula is C24H19N3O2. The van der Waals surface area contributed by atoms with Gasteiger partial charge in [0, 0.05) is 24.5 Å². The molecule has 142 valence electrons. The van der Waals surface area contributed by atoms with E-state index in [0.717, 1.165) is 16.3 Å². The number of hydrogen-bond donors (Lipinski definition) is 2. The normalized spacial score (nSPS) is 10.5. The van der Waals surface area contributed by atoms with Gasteiger partial charge in [-0.2, -0.15) is 0 Å². The zero-order valence-corrected chi connectivity index (χ0v) is 15.6. The number of amides is 2. The maximum Gasteiger partial charge on any atom is 0.255 e. The van der Waals surface area contributed by atoms with Crippen molar-refractivity contribution >= 4 is 28.3 Å². The van der Waals surface area contributed by atoms with Gasteiger partial charge in [0.2, 0.25) is 0 Å². The quantitative estimate of drug-likeness (QED) is 0.538. The Bertz CT molecular complexity index is 1170. The average molecular weight is 381 g/mol. The molecule has 3 aromatic carbocycles. The number of benzene rings is 3. The van der Waals surface area contributed by atoms with E-state index in [9.17, 15) is 9.59 Å². The third kappa shape index (κ3) is 4.30. The summed E-state index contributed by atoms with van der Waals surface area (Å²) in [7, 11) is 0. The predicted octanol–water partition coefficient (Wildman–Crippen LogP) is 4.42. The Morgan fingerprint density at radius 2 is 1.59 bits per heavy atom. The van der Waals surface area contributed by atoms with Gasteiger partial charge in [-0.3, -0.25) is 14.6 Å². The zero-order valence-electron chi connectivity index (χ0n) is 15.6. The molecule has 2 N–H and O–H groups in total. The SMILES string of the molecule is O=C(Nc1ccccc1C(=O)NCc1cccnc1)c1ccc2ccccc2c1. The third-order valence-electron chi connectivity index (χ3n) is 4.61. The largest absolute Gasteiger partial charge is 0.348 e. The molecule has 0 fully saturated rings. The van der Waals surface area contributed by atoms with E-state index in [1.807, 2.05) is 48.5 Å². The van der Waals surface area contributed by atoms with Gasteiger partial charge >= 0.3 is 0 Å². The highest BCUT2D eigenvalue weighted by molar-refractivity contribution is 6.10. The molecular weight excluding hydrogens is 362 g/mol. The second-order valence-electron chi connectivity index (χ2n) is 6.61. The molecule has 29 heavy (non-hydrogen) atoms. The van der Waals surface area contributed by atoms with Crippen LogP contribution in [0.1, 0.15) is 26.3 Å². The minimum atomic E-state index is -0.261. The third-order valence-corrected chi connectivity index (χ3v) is 4.61. The van der Waals surface area contributed by atoms with Crippen molar-refractivity contribution in [3.8, 4) is 0 Å². The van der Waals surface area contributed by atoms with Crippen molar-refractivity contribution in [2.45, 2.75) is 6.54 Å². The molecule has 0 radical (unpaired) electrons. The fourth-order valence-electron chi connectivity index (χ4n) is 3.10. The molecule has 0 aliphatic carbocycles. The smallest absolute Gasteiger partial charge is 0.255 e. The molecule has 1 aromatic heterocycles. The Morgan fingerprint density at radius 1 is 0.793 bits per heavy atom. The first-order valence-electron chi connectivity index (χ1n) is 9.27. The maximum atomic E-state index is 12.8. The molecule has 0 spiro atoms. The van der Waals surface area contributed by atoms with Gasteiger partial charge in [0.25, 0.3) is 11.8 Å². The molecule has 2 amide bonds. The standard InChI is InChI=1S/C24H19N3O2/c28-23(20-12-11-18-7-1-2-8-19(18)14-20)27-22-10-4-3-9-21(22)24(29)26-16-17-6-5-13-25-15-17/h1-15H,16H2,(H,26,29)(H,27,28). The summed E-state index contributed by atoms with van der Waals surface area (Å²) in [5, 5.41) is 7.78. The fourth-order valence-corrected chi connectivity index (χ4v) is 3.10.